The molecule has 0 radical (unpaired) electrons. The van der Waals surface area contributed by atoms with Crippen LogP contribution in [0.4, 0.5) is 5.69 Å². The first-order chi connectivity index (χ1) is 11.9. The Morgan fingerprint density at radius 2 is 1.76 bits per heavy atom. The highest BCUT2D eigenvalue weighted by molar-refractivity contribution is 14.0. The summed E-state index contributed by atoms with van der Waals surface area (Å²) in [6, 6.07) is 16.6. The molecule has 3 rings (SSSR count). The number of nitrogens with one attached hydrogen (secondary N) is 1. The number of anilines is 1. The number of hydrogen-bond acceptors (Lipinski definition) is 3. The number of rotatable bonds is 4. The van der Waals surface area contributed by atoms with Crippen molar-refractivity contribution >= 4 is 35.6 Å². The molecular weight excluding hydrogens is 425 g/mol. The summed E-state index contributed by atoms with van der Waals surface area (Å²) in [4.78, 5) is 13.5. The summed E-state index contributed by atoms with van der Waals surface area (Å²) >= 11 is 0. The minimum Gasteiger partial charge on any atom is -0.368 e. The Kier molecular flexibility index (Phi) is 7.97. The molecule has 1 N–H and O–H groups in total. The minimum atomic E-state index is 0. The smallest absolute Gasteiger partial charge is 0.193 e. The van der Waals surface area contributed by atoms with Gasteiger partial charge in [0.05, 0.1) is 0 Å². The third-order valence-corrected chi connectivity index (χ3v) is 4.30. The molecule has 0 amide bonds. The number of hydrogen-bond donors (Lipinski definition) is 1. The lowest BCUT2D eigenvalue weighted by Gasteiger charge is -2.37. The summed E-state index contributed by atoms with van der Waals surface area (Å²) in [5.74, 6) is 0.985. The Morgan fingerprint density at radius 3 is 2.40 bits per heavy atom. The number of aromatic nitrogens is 1. The number of para-hydroxylation sites is 1. The predicted octanol–water partition coefficient (Wildman–Crippen LogP) is 2.64. The fourth-order valence-electron chi connectivity index (χ4n) is 3.00. The van der Waals surface area contributed by atoms with E-state index in [0.29, 0.717) is 0 Å². The molecule has 0 unspecified atom stereocenters. The van der Waals surface area contributed by atoms with Gasteiger partial charge in [0.15, 0.2) is 5.96 Å². The molecule has 1 aromatic carbocycles. The van der Waals surface area contributed by atoms with E-state index in [1.165, 1.54) is 5.69 Å². The monoisotopic (exact) mass is 451 g/mol. The zero-order chi connectivity index (χ0) is 16.6. The fraction of sp³-hybridized carbons (Fsp3) is 0.368. The maximum absolute atomic E-state index is 4.43. The van der Waals surface area contributed by atoms with Crippen molar-refractivity contribution in [3.05, 3.63) is 60.4 Å². The molecule has 0 spiro atoms. The van der Waals surface area contributed by atoms with Crippen molar-refractivity contribution in [2.45, 2.75) is 6.42 Å². The number of piperazine rings is 1. The second kappa shape index (κ2) is 10.2. The van der Waals surface area contributed by atoms with Crippen LogP contribution < -0.4 is 10.2 Å². The molecule has 6 heteroatoms. The maximum atomic E-state index is 4.43. The molecule has 1 saturated heterocycles. The molecule has 0 aliphatic carbocycles. The lowest BCUT2D eigenvalue weighted by Crippen LogP contribution is -2.52. The first-order valence-corrected chi connectivity index (χ1v) is 8.52. The molecular formula is C19H26IN5. The van der Waals surface area contributed by atoms with E-state index in [4.69, 9.17) is 0 Å². The van der Waals surface area contributed by atoms with Gasteiger partial charge in [-0.05, 0) is 24.3 Å². The third-order valence-electron chi connectivity index (χ3n) is 4.30. The number of nitrogens with zero attached hydrogens (tertiary/aromatic N) is 4. The van der Waals surface area contributed by atoms with Gasteiger partial charge in [-0.1, -0.05) is 24.3 Å². The highest BCUT2D eigenvalue weighted by atomic mass is 127. The first-order valence-electron chi connectivity index (χ1n) is 8.52. The van der Waals surface area contributed by atoms with Crippen molar-refractivity contribution in [1.82, 2.24) is 15.2 Å². The van der Waals surface area contributed by atoms with Crippen LogP contribution in [-0.2, 0) is 6.42 Å². The van der Waals surface area contributed by atoms with E-state index in [0.717, 1.165) is 50.8 Å². The standard InChI is InChI=1S/C19H25N5.HI/c1-20-19(22-12-10-17-7-5-6-11-21-17)24-15-13-23(14-16-24)18-8-3-2-4-9-18;/h2-9,11H,10,12-16H2,1H3,(H,20,22);1H. The normalized spacial score (nSPS) is 14.8. The average Bonchev–Trinajstić information content (AvgIpc) is 2.67. The summed E-state index contributed by atoms with van der Waals surface area (Å²) in [6.07, 6.45) is 2.75. The van der Waals surface area contributed by atoms with Crippen LogP contribution in [0.15, 0.2) is 59.7 Å². The summed E-state index contributed by atoms with van der Waals surface area (Å²) in [7, 11) is 1.85. The summed E-state index contributed by atoms with van der Waals surface area (Å²) < 4.78 is 0. The zero-order valence-corrected chi connectivity index (χ0v) is 17.0. The Bertz CT molecular complexity index is 639. The van der Waals surface area contributed by atoms with Gasteiger partial charge < -0.3 is 15.1 Å². The van der Waals surface area contributed by atoms with E-state index in [1.807, 2.05) is 25.4 Å². The summed E-state index contributed by atoms with van der Waals surface area (Å²) in [5, 5.41) is 3.46. The van der Waals surface area contributed by atoms with Crippen LogP contribution in [0.3, 0.4) is 0 Å². The zero-order valence-electron chi connectivity index (χ0n) is 14.6. The van der Waals surface area contributed by atoms with Crippen LogP contribution in [0.5, 0.6) is 0 Å². The van der Waals surface area contributed by atoms with Crippen LogP contribution in [0.25, 0.3) is 0 Å². The van der Waals surface area contributed by atoms with Crippen LogP contribution in [0, 0.1) is 0 Å². The number of guanidine groups is 1. The van der Waals surface area contributed by atoms with E-state index in [2.05, 4.69) is 61.5 Å². The van der Waals surface area contributed by atoms with Crippen LogP contribution in [0.1, 0.15) is 5.69 Å². The number of aliphatic imine (C=N–C) groups is 1. The first kappa shape index (κ1) is 19.5. The summed E-state index contributed by atoms with van der Waals surface area (Å²) in [6.45, 7) is 4.86. The Labute approximate surface area is 167 Å². The van der Waals surface area contributed by atoms with Gasteiger partial charge >= 0.3 is 0 Å². The topological polar surface area (TPSA) is 43.8 Å². The molecule has 134 valence electrons. The minimum absolute atomic E-state index is 0. The van der Waals surface area contributed by atoms with E-state index in [9.17, 15) is 0 Å². The molecule has 0 saturated carbocycles. The fourth-order valence-corrected chi connectivity index (χ4v) is 3.00. The molecule has 25 heavy (non-hydrogen) atoms. The van der Waals surface area contributed by atoms with E-state index >= 15 is 0 Å². The quantitative estimate of drug-likeness (QED) is 0.441. The van der Waals surface area contributed by atoms with Gasteiger partial charge in [-0.15, -0.1) is 24.0 Å². The highest BCUT2D eigenvalue weighted by Crippen LogP contribution is 2.15. The molecule has 0 atom stereocenters. The largest absolute Gasteiger partial charge is 0.368 e. The molecule has 1 aliphatic rings. The molecule has 0 bridgehead atoms. The Morgan fingerprint density at radius 1 is 1.04 bits per heavy atom. The molecule has 1 aromatic heterocycles. The van der Waals surface area contributed by atoms with Gasteiger partial charge in [0.1, 0.15) is 0 Å². The van der Waals surface area contributed by atoms with Gasteiger partial charge in [-0.2, -0.15) is 0 Å². The van der Waals surface area contributed by atoms with E-state index in [-0.39, 0.29) is 24.0 Å². The average molecular weight is 451 g/mol. The van der Waals surface area contributed by atoms with Gasteiger partial charge in [-0.25, -0.2) is 0 Å². The molecule has 2 aromatic rings. The van der Waals surface area contributed by atoms with Crippen LogP contribution in [0.2, 0.25) is 0 Å². The lowest BCUT2D eigenvalue weighted by molar-refractivity contribution is 0.373. The van der Waals surface area contributed by atoms with Crippen molar-refractivity contribution in [2.75, 3.05) is 44.7 Å². The molecule has 2 heterocycles. The molecule has 5 nitrogen and oxygen atoms in total. The molecule has 1 aliphatic heterocycles. The summed E-state index contributed by atoms with van der Waals surface area (Å²) in [5.41, 5.74) is 2.41. The third kappa shape index (κ3) is 5.59. The highest BCUT2D eigenvalue weighted by Gasteiger charge is 2.19. The van der Waals surface area contributed by atoms with Crippen molar-refractivity contribution in [3.63, 3.8) is 0 Å². The lowest BCUT2D eigenvalue weighted by atomic mass is 10.2. The second-order valence-corrected chi connectivity index (χ2v) is 5.85. The van der Waals surface area contributed by atoms with Gasteiger partial charge in [0, 0.05) is 63.8 Å². The van der Waals surface area contributed by atoms with Crippen molar-refractivity contribution in [1.29, 1.82) is 0 Å². The van der Waals surface area contributed by atoms with Gasteiger partial charge in [0.2, 0.25) is 0 Å². The number of pyridine rings is 1. The van der Waals surface area contributed by atoms with E-state index < -0.39 is 0 Å². The second-order valence-electron chi connectivity index (χ2n) is 5.85. The Hall–Kier alpha value is -1.83. The number of benzene rings is 1. The van der Waals surface area contributed by atoms with E-state index in [1.54, 1.807) is 0 Å². The predicted molar refractivity (Wildman–Crippen MR) is 115 cm³/mol. The van der Waals surface area contributed by atoms with Crippen LogP contribution >= 0.6 is 24.0 Å². The Balaban J connectivity index is 0.00000225. The van der Waals surface area contributed by atoms with Crippen molar-refractivity contribution in [2.24, 2.45) is 4.99 Å². The van der Waals surface area contributed by atoms with Crippen molar-refractivity contribution < 1.29 is 0 Å². The SMILES string of the molecule is CN=C(NCCc1ccccn1)N1CCN(c2ccccc2)CC1.I. The number of halogens is 1. The maximum Gasteiger partial charge on any atom is 0.193 e. The molecule has 1 fully saturated rings. The van der Waals surface area contributed by atoms with Crippen molar-refractivity contribution in [3.8, 4) is 0 Å². The van der Waals surface area contributed by atoms with Gasteiger partial charge in [-0.3, -0.25) is 9.98 Å². The van der Waals surface area contributed by atoms with Gasteiger partial charge in [0.25, 0.3) is 0 Å². The van der Waals surface area contributed by atoms with Crippen LogP contribution in [-0.4, -0.2) is 55.6 Å².